The summed E-state index contributed by atoms with van der Waals surface area (Å²) in [6.07, 6.45) is 0. The van der Waals surface area contributed by atoms with Gasteiger partial charge < -0.3 is 15.4 Å². The normalized spacial score (nSPS) is 11.3. The molecule has 1 aromatic heterocycles. The third-order valence-corrected chi connectivity index (χ3v) is 2.93. The van der Waals surface area contributed by atoms with Crippen molar-refractivity contribution in [2.45, 2.75) is 26.2 Å². The minimum Gasteiger partial charge on any atom is -0.424 e. The van der Waals surface area contributed by atoms with E-state index in [1.807, 2.05) is 32.3 Å². The summed E-state index contributed by atoms with van der Waals surface area (Å²) in [5, 5.41) is 0. The van der Waals surface area contributed by atoms with Crippen LogP contribution in [0.5, 0.6) is 11.8 Å². The molecule has 0 spiro atoms. The molecule has 1 aromatic carbocycles. The highest BCUT2D eigenvalue weighted by Crippen LogP contribution is 2.27. The Hall–Kier alpha value is -2.37. The van der Waals surface area contributed by atoms with Crippen LogP contribution in [-0.4, -0.2) is 29.0 Å². The van der Waals surface area contributed by atoms with Gasteiger partial charge in [-0.1, -0.05) is 32.9 Å². The van der Waals surface area contributed by atoms with Crippen LogP contribution >= 0.6 is 0 Å². The molecular weight excluding hydrogens is 266 g/mol. The first-order valence-corrected chi connectivity index (χ1v) is 6.73. The molecule has 0 aliphatic carbocycles. The summed E-state index contributed by atoms with van der Waals surface area (Å²) in [4.78, 5) is 14.0. The molecule has 0 saturated carbocycles. The molecule has 2 N–H and O–H groups in total. The van der Waals surface area contributed by atoms with E-state index in [0.717, 1.165) is 0 Å². The van der Waals surface area contributed by atoms with Crippen molar-refractivity contribution in [2.24, 2.45) is 0 Å². The van der Waals surface area contributed by atoms with E-state index >= 15 is 0 Å². The Labute approximate surface area is 125 Å². The van der Waals surface area contributed by atoms with E-state index < -0.39 is 0 Å². The summed E-state index contributed by atoms with van der Waals surface area (Å²) >= 11 is 0. The van der Waals surface area contributed by atoms with Gasteiger partial charge in [0.25, 0.3) is 0 Å². The summed E-state index contributed by atoms with van der Waals surface area (Å²) in [5.41, 5.74) is 6.90. The number of hydrogen-bond donors (Lipinski definition) is 1. The average molecular weight is 287 g/mol. The van der Waals surface area contributed by atoms with Gasteiger partial charge in [0, 0.05) is 14.1 Å². The number of benzene rings is 1. The molecule has 0 atom stereocenters. The lowest BCUT2D eigenvalue weighted by Crippen LogP contribution is -2.15. The molecule has 0 amide bonds. The molecule has 2 rings (SSSR count). The van der Waals surface area contributed by atoms with E-state index in [2.05, 4.69) is 41.8 Å². The molecule has 0 bridgehead atoms. The fourth-order valence-corrected chi connectivity index (χ4v) is 1.74. The highest BCUT2D eigenvalue weighted by molar-refractivity contribution is 5.37. The number of rotatable bonds is 3. The number of anilines is 2. The van der Waals surface area contributed by atoms with Crippen molar-refractivity contribution < 1.29 is 4.74 Å². The van der Waals surface area contributed by atoms with Crippen molar-refractivity contribution in [3.05, 3.63) is 29.8 Å². The zero-order valence-corrected chi connectivity index (χ0v) is 13.1. The quantitative estimate of drug-likeness (QED) is 0.935. The van der Waals surface area contributed by atoms with Crippen LogP contribution in [0, 0.1) is 0 Å². The summed E-state index contributed by atoms with van der Waals surface area (Å²) in [5.74, 6) is 1.28. The average Bonchev–Trinajstić information content (AvgIpc) is 2.37. The van der Waals surface area contributed by atoms with E-state index in [-0.39, 0.29) is 17.4 Å². The maximum Gasteiger partial charge on any atom is 0.328 e. The minimum absolute atomic E-state index is 0.0479. The van der Waals surface area contributed by atoms with Gasteiger partial charge in [-0.2, -0.15) is 15.0 Å². The van der Waals surface area contributed by atoms with Crippen molar-refractivity contribution >= 4 is 11.9 Å². The molecule has 0 aliphatic rings. The first-order valence-electron chi connectivity index (χ1n) is 6.73. The lowest BCUT2D eigenvalue weighted by molar-refractivity contribution is 0.438. The van der Waals surface area contributed by atoms with Crippen LogP contribution in [0.1, 0.15) is 26.3 Å². The monoisotopic (exact) mass is 287 g/mol. The molecule has 6 nitrogen and oxygen atoms in total. The summed E-state index contributed by atoms with van der Waals surface area (Å²) in [7, 11) is 3.66. The molecule has 6 heteroatoms. The SMILES string of the molecule is CN(C)c1nc(N)nc(Oc2cccc(C(C)(C)C)c2)n1. The number of hydrogen-bond acceptors (Lipinski definition) is 6. The molecular formula is C15H21N5O. The summed E-state index contributed by atoms with van der Waals surface area (Å²) < 4.78 is 5.72. The predicted octanol–water partition coefficient (Wildman–Crippen LogP) is 2.61. The number of ether oxygens (including phenoxy) is 1. The van der Waals surface area contributed by atoms with Crippen molar-refractivity contribution in [2.75, 3.05) is 24.7 Å². The van der Waals surface area contributed by atoms with Gasteiger partial charge in [0.05, 0.1) is 0 Å². The molecule has 0 saturated heterocycles. The number of nitrogen functional groups attached to an aromatic ring is 1. The number of nitrogens with zero attached hydrogens (tertiary/aromatic N) is 4. The lowest BCUT2D eigenvalue weighted by atomic mass is 9.87. The second-order valence-corrected chi connectivity index (χ2v) is 6.05. The third kappa shape index (κ3) is 3.81. The van der Waals surface area contributed by atoms with E-state index in [1.165, 1.54) is 5.56 Å². The molecule has 0 unspecified atom stereocenters. The molecule has 1 heterocycles. The highest BCUT2D eigenvalue weighted by atomic mass is 16.5. The van der Waals surface area contributed by atoms with Gasteiger partial charge in [-0.15, -0.1) is 0 Å². The molecule has 112 valence electrons. The van der Waals surface area contributed by atoms with E-state index in [4.69, 9.17) is 10.5 Å². The summed E-state index contributed by atoms with van der Waals surface area (Å²) in [6, 6.07) is 8.06. The van der Waals surface area contributed by atoms with Crippen LogP contribution in [0.4, 0.5) is 11.9 Å². The molecule has 21 heavy (non-hydrogen) atoms. The molecule has 0 radical (unpaired) electrons. The second-order valence-electron chi connectivity index (χ2n) is 6.05. The van der Waals surface area contributed by atoms with Gasteiger partial charge in [-0.3, -0.25) is 0 Å². The number of nitrogens with two attached hydrogens (primary N) is 1. The Balaban J connectivity index is 2.30. The van der Waals surface area contributed by atoms with E-state index in [0.29, 0.717) is 11.7 Å². The third-order valence-electron chi connectivity index (χ3n) is 2.93. The maximum atomic E-state index is 5.72. The van der Waals surface area contributed by atoms with Crippen LogP contribution in [-0.2, 0) is 5.41 Å². The Morgan fingerprint density at radius 1 is 1.10 bits per heavy atom. The van der Waals surface area contributed by atoms with Crippen LogP contribution in [0.15, 0.2) is 24.3 Å². The predicted molar refractivity (Wildman–Crippen MR) is 83.8 cm³/mol. The van der Waals surface area contributed by atoms with Gasteiger partial charge in [-0.25, -0.2) is 0 Å². The highest BCUT2D eigenvalue weighted by Gasteiger charge is 2.15. The molecule has 0 fully saturated rings. The Kier molecular flexibility index (Phi) is 3.97. The van der Waals surface area contributed by atoms with Crippen LogP contribution < -0.4 is 15.4 Å². The molecule has 0 aliphatic heterocycles. The van der Waals surface area contributed by atoms with Crippen molar-refractivity contribution in [3.8, 4) is 11.8 Å². The van der Waals surface area contributed by atoms with Crippen LogP contribution in [0.3, 0.4) is 0 Å². The fraction of sp³-hybridized carbons (Fsp3) is 0.400. The maximum absolute atomic E-state index is 5.72. The first kappa shape index (κ1) is 15.0. The first-order chi connectivity index (χ1) is 9.75. The standard InChI is InChI=1S/C15H21N5O/c1-15(2,3)10-7-6-8-11(9-10)21-14-18-12(16)17-13(19-14)20(4)5/h6-9H,1-5H3,(H2,16,17,18,19). The van der Waals surface area contributed by atoms with Crippen molar-refractivity contribution in [3.63, 3.8) is 0 Å². The van der Waals surface area contributed by atoms with Gasteiger partial charge in [0.15, 0.2) is 0 Å². The van der Waals surface area contributed by atoms with Crippen LogP contribution in [0.2, 0.25) is 0 Å². The molecule has 2 aromatic rings. The van der Waals surface area contributed by atoms with Gasteiger partial charge in [0.2, 0.25) is 11.9 Å². The van der Waals surface area contributed by atoms with Crippen molar-refractivity contribution in [1.29, 1.82) is 0 Å². The fourth-order valence-electron chi connectivity index (χ4n) is 1.74. The van der Waals surface area contributed by atoms with E-state index in [1.54, 1.807) is 4.90 Å². The minimum atomic E-state index is 0.0479. The summed E-state index contributed by atoms with van der Waals surface area (Å²) in [6.45, 7) is 6.45. The Morgan fingerprint density at radius 3 is 2.43 bits per heavy atom. The smallest absolute Gasteiger partial charge is 0.328 e. The van der Waals surface area contributed by atoms with Gasteiger partial charge >= 0.3 is 6.01 Å². The second kappa shape index (κ2) is 5.55. The lowest BCUT2D eigenvalue weighted by Gasteiger charge is -2.19. The number of aromatic nitrogens is 3. The van der Waals surface area contributed by atoms with Gasteiger partial charge in [0.1, 0.15) is 5.75 Å². The van der Waals surface area contributed by atoms with Crippen LogP contribution in [0.25, 0.3) is 0 Å². The largest absolute Gasteiger partial charge is 0.424 e. The Bertz CT molecular complexity index is 634. The Morgan fingerprint density at radius 2 is 1.81 bits per heavy atom. The topological polar surface area (TPSA) is 77.2 Å². The zero-order valence-electron chi connectivity index (χ0n) is 13.1. The van der Waals surface area contributed by atoms with E-state index in [9.17, 15) is 0 Å². The van der Waals surface area contributed by atoms with Crippen molar-refractivity contribution in [1.82, 2.24) is 15.0 Å². The van der Waals surface area contributed by atoms with Gasteiger partial charge in [-0.05, 0) is 23.1 Å². The zero-order chi connectivity index (χ0) is 15.6.